The van der Waals surface area contributed by atoms with Crippen LogP contribution in [0.3, 0.4) is 0 Å². The summed E-state index contributed by atoms with van der Waals surface area (Å²) < 4.78 is 0. The molecule has 0 saturated heterocycles. The van der Waals surface area contributed by atoms with E-state index in [4.69, 9.17) is 5.11 Å². The molecule has 1 aromatic rings. The normalized spacial score (nSPS) is 13.1. The maximum Gasteiger partial charge on any atom is 0.296 e. The predicted molar refractivity (Wildman–Crippen MR) is 67.2 cm³/mol. The summed E-state index contributed by atoms with van der Waals surface area (Å²) in [4.78, 5) is 11.4. The monoisotopic (exact) mass is 231 g/mol. The first kappa shape index (κ1) is 13.3. The fraction of sp³-hybridized carbons (Fsp3) is 0.357. The quantitative estimate of drug-likeness (QED) is 0.771. The second kappa shape index (κ2) is 6.72. The van der Waals surface area contributed by atoms with E-state index in [1.54, 1.807) is 6.92 Å². The van der Waals surface area contributed by atoms with Crippen molar-refractivity contribution in [3.05, 3.63) is 35.9 Å². The highest BCUT2D eigenvalue weighted by molar-refractivity contribution is 5.94. The Morgan fingerprint density at radius 1 is 1.35 bits per heavy atom. The molecule has 0 radical (unpaired) electrons. The van der Waals surface area contributed by atoms with Crippen molar-refractivity contribution in [2.24, 2.45) is 0 Å². The summed E-state index contributed by atoms with van der Waals surface area (Å²) in [6.07, 6.45) is 0.103. The number of hydrogen-bond acceptors (Lipinski definition) is 2. The summed E-state index contributed by atoms with van der Waals surface area (Å²) in [5.41, 5.74) is 0.811. The second-order valence-electron chi connectivity index (χ2n) is 4.08. The second-order valence-corrected chi connectivity index (χ2v) is 4.08. The van der Waals surface area contributed by atoms with Gasteiger partial charge in [-0.1, -0.05) is 24.1 Å². The lowest BCUT2D eigenvalue weighted by molar-refractivity contribution is -0.116. The van der Waals surface area contributed by atoms with Gasteiger partial charge in [-0.25, -0.2) is 0 Å². The molecule has 0 aromatic heterocycles. The SMILES string of the molecule is CC(O)CC(C)NC(=O)C#Cc1ccccc1. The molecule has 0 aliphatic rings. The molecule has 0 aliphatic carbocycles. The molecule has 1 amide bonds. The van der Waals surface area contributed by atoms with Gasteiger partial charge in [0, 0.05) is 17.5 Å². The van der Waals surface area contributed by atoms with Crippen LogP contribution < -0.4 is 5.32 Å². The van der Waals surface area contributed by atoms with E-state index in [1.807, 2.05) is 37.3 Å². The molecule has 1 aromatic carbocycles. The van der Waals surface area contributed by atoms with Crippen molar-refractivity contribution in [3.8, 4) is 11.8 Å². The maximum atomic E-state index is 11.4. The first-order chi connectivity index (χ1) is 8.08. The Morgan fingerprint density at radius 2 is 2.00 bits per heavy atom. The molecule has 3 nitrogen and oxygen atoms in total. The molecule has 0 spiro atoms. The van der Waals surface area contributed by atoms with Crippen molar-refractivity contribution in [2.75, 3.05) is 0 Å². The molecule has 0 bridgehead atoms. The van der Waals surface area contributed by atoms with E-state index >= 15 is 0 Å². The smallest absolute Gasteiger partial charge is 0.296 e. The Morgan fingerprint density at radius 3 is 2.59 bits per heavy atom. The van der Waals surface area contributed by atoms with E-state index in [2.05, 4.69) is 17.2 Å². The summed E-state index contributed by atoms with van der Waals surface area (Å²) in [7, 11) is 0. The Kier molecular flexibility index (Phi) is 5.25. The van der Waals surface area contributed by atoms with E-state index in [1.165, 1.54) is 0 Å². The largest absolute Gasteiger partial charge is 0.393 e. The molecule has 0 heterocycles. The lowest BCUT2D eigenvalue weighted by Gasteiger charge is -2.12. The molecule has 90 valence electrons. The van der Waals surface area contributed by atoms with Crippen molar-refractivity contribution in [1.82, 2.24) is 5.32 Å². The Bertz CT molecular complexity index is 415. The van der Waals surface area contributed by atoms with Gasteiger partial charge in [0.15, 0.2) is 0 Å². The van der Waals surface area contributed by atoms with Crippen LogP contribution in [-0.2, 0) is 4.79 Å². The van der Waals surface area contributed by atoms with Gasteiger partial charge in [0.25, 0.3) is 5.91 Å². The molecule has 0 aliphatic heterocycles. The van der Waals surface area contributed by atoms with Gasteiger partial charge in [-0.05, 0) is 32.4 Å². The molecule has 0 saturated carbocycles. The number of aliphatic hydroxyl groups excluding tert-OH is 1. The molecule has 17 heavy (non-hydrogen) atoms. The molecule has 2 N–H and O–H groups in total. The first-order valence-electron chi connectivity index (χ1n) is 5.63. The zero-order valence-corrected chi connectivity index (χ0v) is 10.1. The average molecular weight is 231 g/mol. The zero-order valence-electron chi connectivity index (χ0n) is 10.1. The van der Waals surface area contributed by atoms with Crippen LogP contribution in [0.4, 0.5) is 0 Å². The van der Waals surface area contributed by atoms with E-state index in [0.29, 0.717) is 6.42 Å². The maximum absolute atomic E-state index is 11.4. The predicted octanol–water partition coefficient (Wildman–Crippen LogP) is 1.31. The van der Waals surface area contributed by atoms with Crippen molar-refractivity contribution < 1.29 is 9.90 Å². The van der Waals surface area contributed by atoms with Crippen LogP contribution in [0, 0.1) is 11.8 Å². The summed E-state index contributed by atoms with van der Waals surface area (Å²) in [5.74, 6) is 4.98. The average Bonchev–Trinajstić information content (AvgIpc) is 2.26. The highest BCUT2D eigenvalue weighted by Gasteiger charge is 2.07. The molecule has 0 fully saturated rings. The van der Waals surface area contributed by atoms with Gasteiger partial charge >= 0.3 is 0 Å². The number of rotatable bonds is 3. The summed E-state index contributed by atoms with van der Waals surface area (Å²) in [6, 6.07) is 9.26. The summed E-state index contributed by atoms with van der Waals surface area (Å²) in [6.45, 7) is 3.53. The Labute approximate surface area is 102 Å². The number of nitrogens with one attached hydrogen (secondary N) is 1. The summed E-state index contributed by atoms with van der Waals surface area (Å²) >= 11 is 0. The van der Waals surface area contributed by atoms with Gasteiger partial charge in [-0.3, -0.25) is 4.79 Å². The fourth-order valence-electron chi connectivity index (χ4n) is 1.48. The zero-order chi connectivity index (χ0) is 12.7. The van der Waals surface area contributed by atoms with Crippen LogP contribution in [0.2, 0.25) is 0 Å². The highest BCUT2D eigenvalue weighted by Crippen LogP contribution is 1.97. The molecule has 1 rings (SSSR count). The molecule has 2 unspecified atom stereocenters. The van der Waals surface area contributed by atoms with Gasteiger partial charge < -0.3 is 10.4 Å². The van der Waals surface area contributed by atoms with Crippen LogP contribution in [0.5, 0.6) is 0 Å². The highest BCUT2D eigenvalue weighted by atomic mass is 16.3. The van der Waals surface area contributed by atoms with Crippen molar-refractivity contribution in [2.45, 2.75) is 32.4 Å². The van der Waals surface area contributed by atoms with Crippen molar-refractivity contribution >= 4 is 5.91 Å². The van der Waals surface area contributed by atoms with E-state index in [-0.39, 0.29) is 11.9 Å². The van der Waals surface area contributed by atoms with Crippen LogP contribution >= 0.6 is 0 Å². The fourth-order valence-corrected chi connectivity index (χ4v) is 1.48. The van der Waals surface area contributed by atoms with Crippen LogP contribution in [0.1, 0.15) is 25.8 Å². The topological polar surface area (TPSA) is 49.3 Å². The van der Waals surface area contributed by atoms with Crippen molar-refractivity contribution in [1.29, 1.82) is 0 Å². The first-order valence-corrected chi connectivity index (χ1v) is 5.63. The number of benzene rings is 1. The number of aliphatic hydroxyl groups is 1. The third-order valence-electron chi connectivity index (χ3n) is 2.17. The Balaban J connectivity index is 2.48. The third kappa shape index (κ3) is 5.74. The lowest BCUT2D eigenvalue weighted by atomic mass is 10.1. The minimum atomic E-state index is -0.424. The van der Waals surface area contributed by atoms with Gasteiger partial charge in [-0.15, -0.1) is 0 Å². The lowest BCUT2D eigenvalue weighted by Crippen LogP contribution is -2.33. The standard InChI is InChI=1S/C14H17NO2/c1-11(10-12(2)16)15-14(17)9-8-13-6-4-3-5-7-13/h3-7,11-12,16H,10H2,1-2H3,(H,15,17). The Hall–Kier alpha value is -1.79. The molecular weight excluding hydrogens is 214 g/mol. The van der Waals surface area contributed by atoms with Gasteiger partial charge in [0.2, 0.25) is 0 Å². The van der Waals surface area contributed by atoms with Gasteiger partial charge in [0.1, 0.15) is 0 Å². The summed E-state index contributed by atoms with van der Waals surface area (Å²) in [5, 5.41) is 11.9. The van der Waals surface area contributed by atoms with Crippen LogP contribution in [-0.4, -0.2) is 23.2 Å². The van der Waals surface area contributed by atoms with E-state index < -0.39 is 6.10 Å². The van der Waals surface area contributed by atoms with Crippen molar-refractivity contribution in [3.63, 3.8) is 0 Å². The van der Waals surface area contributed by atoms with E-state index in [0.717, 1.165) is 5.56 Å². The van der Waals surface area contributed by atoms with Gasteiger partial charge in [0.05, 0.1) is 6.10 Å². The van der Waals surface area contributed by atoms with Crippen LogP contribution in [0.15, 0.2) is 30.3 Å². The number of amides is 1. The molecule has 3 heteroatoms. The minimum absolute atomic E-state index is 0.0763. The third-order valence-corrected chi connectivity index (χ3v) is 2.17. The van der Waals surface area contributed by atoms with Gasteiger partial charge in [-0.2, -0.15) is 0 Å². The number of carbonyl (C=O) groups excluding carboxylic acids is 1. The van der Waals surface area contributed by atoms with E-state index in [9.17, 15) is 4.79 Å². The molecule has 2 atom stereocenters. The molecular formula is C14H17NO2. The van der Waals surface area contributed by atoms with Crippen LogP contribution in [0.25, 0.3) is 0 Å². The minimum Gasteiger partial charge on any atom is -0.393 e. The number of hydrogen-bond donors (Lipinski definition) is 2. The number of carbonyl (C=O) groups is 1.